The molecule has 1 unspecified atom stereocenters. The highest BCUT2D eigenvalue weighted by molar-refractivity contribution is 5.94. The molecule has 6 nitrogen and oxygen atoms in total. The average Bonchev–Trinajstić information content (AvgIpc) is 2.83. The van der Waals surface area contributed by atoms with Gasteiger partial charge in [0.25, 0.3) is 5.91 Å². The van der Waals surface area contributed by atoms with E-state index in [4.69, 9.17) is 0 Å². The van der Waals surface area contributed by atoms with Gasteiger partial charge in [0.15, 0.2) is 0 Å². The Balaban J connectivity index is 1.69. The van der Waals surface area contributed by atoms with Crippen molar-refractivity contribution in [1.82, 2.24) is 20.0 Å². The van der Waals surface area contributed by atoms with Gasteiger partial charge in [0.2, 0.25) is 0 Å². The van der Waals surface area contributed by atoms with Gasteiger partial charge in [-0.1, -0.05) is 30.3 Å². The molecular weight excluding hydrogens is 412 g/mol. The third-order valence-corrected chi connectivity index (χ3v) is 6.90. The van der Waals surface area contributed by atoms with E-state index >= 15 is 0 Å². The number of piperazine rings is 2. The van der Waals surface area contributed by atoms with Crippen LogP contribution in [-0.4, -0.2) is 83.6 Å². The number of aromatic hydroxyl groups is 1. The molecule has 3 atom stereocenters. The molecule has 176 valence electrons. The molecule has 2 fully saturated rings. The Kier molecular flexibility index (Phi) is 7.48. The molecule has 2 heterocycles. The number of benzene rings is 2. The zero-order valence-corrected chi connectivity index (χ0v) is 19.8. The summed E-state index contributed by atoms with van der Waals surface area (Å²) in [4.78, 5) is 20.1. The monoisotopic (exact) mass is 448 g/mol. The van der Waals surface area contributed by atoms with Crippen LogP contribution >= 0.6 is 0 Å². The van der Waals surface area contributed by atoms with Gasteiger partial charge in [0, 0.05) is 63.5 Å². The average molecular weight is 449 g/mol. The summed E-state index contributed by atoms with van der Waals surface area (Å²) in [5.41, 5.74) is 2.85. The number of phenolic OH excluding ortho intramolecular Hbond substituents is 1. The van der Waals surface area contributed by atoms with Crippen molar-refractivity contribution >= 4 is 5.91 Å². The molecule has 0 spiro atoms. The van der Waals surface area contributed by atoms with Crippen molar-refractivity contribution in [3.8, 4) is 5.75 Å². The highest BCUT2D eigenvalue weighted by atomic mass is 16.3. The molecule has 2 N–H and O–H groups in total. The highest BCUT2D eigenvalue weighted by Gasteiger charge is 2.34. The van der Waals surface area contributed by atoms with Gasteiger partial charge in [-0.25, -0.2) is 0 Å². The van der Waals surface area contributed by atoms with Crippen molar-refractivity contribution in [2.75, 3.05) is 45.8 Å². The molecule has 2 aliphatic heterocycles. The van der Waals surface area contributed by atoms with Gasteiger partial charge in [-0.2, -0.15) is 0 Å². The summed E-state index contributed by atoms with van der Waals surface area (Å²) in [7, 11) is 0. The lowest BCUT2D eigenvalue weighted by Gasteiger charge is -2.47. The summed E-state index contributed by atoms with van der Waals surface area (Å²) in [5, 5.41) is 13.6. The lowest BCUT2D eigenvalue weighted by atomic mass is 9.92. The van der Waals surface area contributed by atoms with Crippen LogP contribution in [0.2, 0.25) is 0 Å². The largest absolute Gasteiger partial charge is 0.508 e. The van der Waals surface area contributed by atoms with Crippen molar-refractivity contribution in [3.63, 3.8) is 0 Å². The SMILES string of the molecule is C=CCN1C[C@@H](C)N(C(c2cccc(O)c2)c2cccc(C(=O)N3CCNCC3)c2)C[C@H]1C. The molecule has 6 heteroatoms. The Labute approximate surface area is 197 Å². The molecule has 0 bridgehead atoms. The van der Waals surface area contributed by atoms with Crippen molar-refractivity contribution < 1.29 is 9.90 Å². The number of hydrogen-bond acceptors (Lipinski definition) is 5. The van der Waals surface area contributed by atoms with Gasteiger partial charge in [0.05, 0.1) is 6.04 Å². The molecule has 0 radical (unpaired) electrons. The Hall–Kier alpha value is -2.67. The van der Waals surface area contributed by atoms with Crippen LogP contribution in [0.3, 0.4) is 0 Å². The molecule has 33 heavy (non-hydrogen) atoms. The maximum absolute atomic E-state index is 13.2. The first-order valence-corrected chi connectivity index (χ1v) is 12.0. The maximum atomic E-state index is 13.2. The van der Waals surface area contributed by atoms with E-state index in [0.717, 1.165) is 62.5 Å². The van der Waals surface area contributed by atoms with E-state index in [1.165, 1.54) is 0 Å². The van der Waals surface area contributed by atoms with Gasteiger partial charge in [-0.15, -0.1) is 6.58 Å². The third kappa shape index (κ3) is 5.29. The quantitative estimate of drug-likeness (QED) is 0.665. The van der Waals surface area contributed by atoms with Crippen molar-refractivity contribution in [2.45, 2.75) is 32.0 Å². The summed E-state index contributed by atoms with van der Waals surface area (Å²) >= 11 is 0. The zero-order chi connectivity index (χ0) is 23.4. The van der Waals surface area contributed by atoms with E-state index in [9.17, 15) is 9.90 Å². The number of hydrogen-bond donors (Lipinski definition) is 2. The van der Waals surface area contributed by atoms with Crippen LogP contribution in [0.5, 0.6) is 5.75 Å². The standard InChI is InChI=1S/C27H36N4O2/c1-4-13-30-18-21(3)31(19-20(30)2)26(23-8-6-10-25(32)17-23)22-7-5-9-24(16-22)27(33)29-14-11-28-12-15-29/h4-10,16-17,20-21,26,28,32H,1,11-15,18-19H2,2-3H3/t20-,21-,26?/m1/s1. The number of nitrogens with zero attached hydrogens (tertiary/aromatic N) is 3. The maximum Gasteiger partial charge on any atom is 0.253 e. The Morgan fingerprint density at radius 3 is 2.48 bits per heavy atom. The molecule has 2 aromatic carbocycles. The molecule has 0 saturated carbocycles. The number of rotatable bonds is 6. The second-order valence-corrected chi connectivity index (χ2v) is 9.30. The summed E-state index contributed by atoms with van der Waals surface area (Å²) < 4.78 is 0. The third-order valence-electron chi connectivity index (χ3n) is 6.90. The first kappa shape index (κ1) is 23.5. The summed E-state index contributed by atoms with van der Waals surface area (Å²) in [6.45, 7) is 14.3. The van der Waals surface area contributed by atoms with E-state index in [1.54, 1.807) is 6.07 Å². The minimum Gasteiger partial charge on any atom is -0.508 e. The van der Waals surface area contributed by atoms with Gasteiger partial charge in [0.1, 0.15) is 5.75 Å². The van der Waals surface area contributed by atoms with Gasteiger partial charge >= 0.3 is 0 Å². The van der Waals surface area contributed by atoms with Crippen LogP contribution in [0.25, 0.3) is 0 Å². The zero-order valence-electron chi connectivity index (χ0n) is 19.8. The molecule has 0 aromatic heterocycles. The molecule has 0 aliphatic carbocycles. The van der Waals surface area contributed by atoms with E-state index in [0.29, 0.717) is 12.1 Å². The van der Waals surface area contributed by atoms with Gasteiger partial charge in [-0.05, 0) is 49.2 Å². The molecular formula is C27H36N4O2. The smallest absolute Gasteiger partial charge is 0.253 e. The molecule has 2 aromatic rings. The Morgan fingerprint density at radius 1 is 1.09 bits per heavy atom. The van der Waals surface area contributed by atoms with Crippen LogP contribution in [-0.2, 0) is 0 Å². The second-order valence-electron chi connectivity index (χ2n) is 9.30. The fourth-order valence-corrected chi connectivity index (χ4v) is 5.17. The summed E-state index contributed by atoms with van der Waals surface area (Å²) in [5.74, 6) is 0.349. The molecule has 2 aliphatic rings. The molecule has 2 saturated heterocycles. The Bertz CT molecular complexity index is 972. The first-order chi connectivity index (χ1) is 16.0. The van der Waals surface area contributed by atoms with Crippen molar-refractivity contribution in [3.05, 3.63) is 77.9 Å². The van der Waals surface area contributed by atoms with Gasteiger partial charge < -0.3 is 15.3 Å². The highest BCUT2D eigenvalue weighted by Crippen LogP contribution is 2.35. The molecule has 4 rings (SSSR count). The van der Waals surface area contributed by atoms with Crippen molar-refractivity contribution in [2.24, 2.45) is 0 Å². The van der Waals surface area contributed by atoms with Gasteiger partial charge in [-0.3, -0.25) is 14.6 Å². The van der Waals surface area contributed by atoms with Crippen LogP contribution in [0, 0.1) is 0 Å². The minimum atomic E-state index is -0.0452. The van der Waals surface area contributed by atoms with E-state index in [1.807, 2.05) is 41.3 Å². The van der Waals surface area contributed by atoms with Crippen LogP contribution in [0.4, 0.5) is 0 Å². The summed E-state index contributed by atoms with van der Waals surface area (Å²) in [6, 6.07) is 16.2. The lowest BCUT2D eigenvalue weighted by Crippen LogP contribution is -2.57. The topological polar surface area (TPSA) is 59.1 Å². The van der Waals surface area contributed by atoms with Crippen LogP contribution < -0.4 is 5.32 Å². The first-order valence-electron chi connectivity index (χ1n) is 12.0. The van der Waals surface area contributed by atoms with Crippen LogP contribution in [0.15, 0.2) is 61.2 Å². The number of carbonyl (C=O) groups is 1. The van der Waals surface area contributed by atoms with E-state index in [2.05, 4.69) is 47.7 Å². The fraction of sp³-hybridized carbons (Fsp3) is 0.444. The summed E-state index contributed by atoms with van der Waals surface area (Å²) in [6.07, 6.45) is 1.97. The van der Waals surface area contributed by atoms with E-state index in [-0.39, 0.29) is 17.7 Å². The second kappa shape index (κ2) is 10.5. The number of carbonyl (C=O) groups excluding carboxylic acids is 1. The normalized spacial score (nSPS) is 23.3. The fourth-order valence-electron chi connectivity index (χ4n) is 5.17. The predicted octanol–water partition coefficient (Wildman–Crippen LogP) is 3.11. The van der Waals surface area contributed by atoms with Crippen LogP contribution in [0.1, 0.15) is 41.4 Å². The number of phenols is 1. The van der Waals surface area contributed by atoms with E-state index < -0.39 is 0 Å². The number of nitrogens with one attached hydrogen (secondary N) is 1. The lowest BCUT2D eigenvalue weighted by molar-refractivity contribution is 0.0306. The number of amides is 1. The minimum absolute atomic E-state index is 0.0452. The molecule has 1 amide bonds. The van der Waals surface area contributed by atoms with Crippen molar-refractivity contribution in [1.29, 1.82) is 0 Å². The predicted molar refractivity (Wildman–Crippen MR) is 133 cm³/mol. The Morgan fingerprint density at radius 2 is 1.79 bits per heavy atom.